The highest BCUT2D eigenvalue weighted by Crippen LogP contribution is 2.26. The summed E-state index contributed by atoms with van der Waals surface area (Å²) in [6.07, 6.45) is 1.44. The van der Waals surface area contributed by atoms with Crippen LogP contribution in [-0.2, 0) is 19.9 Å². The lowest BCUT2D eigenvalue weighted by Gasteiger charge is -2.29. The predicted molar refractivity (Wildman–Crippen MR) is 114 cm³/mol. The first kappa shape index (κ1) is 22.7. The summed E-state index contributed by atoms with van der Waals surface area (Å²) >= 11 is 11.7. The Kier molecular flexibility index (Phi) is 6.62. The van der Waals surface area contributed by atoms with E-state index in [2.05, 4.69) is 15.6 Å². The van der Waals surface area contributed by atoms with Gasteiger partial charge in [0, 0.05) is 15.6 Å². The lowest BCUT2D eigenvalue weighted by Crippen LogP contribution is -2.51. The number of nitrogens with one attached hydrogen (secondary N) is 1. The van der Waals surface area contributed by atoms with Gasteiger partial charge >= 0.3 is 5.97 Å². The fraction of sp³-hybridized carbons (Fsp3) is 0.238. The Bertz CT molecular complexity index is 1120. The maximum atomic E-state index is 14.2. The standard InChI is InChI=1S/C21H19Cl2FN4O3/c1-12(28-11-18(26-27-28)16-9-8-15(23)10-17(16)24)19(29)25-21(2,20(30)31-3)13-4-6-14(22)7-5-13/h4-12H,1-3H3,(H,25,29). The van der Waals surface area contributed by atoms with E-state index < -0.39 is 29.3 Å². The van der Waals surface area contributed by atoms with Crippen molar-refractivity contribution in [3.05, 3.63) is 70.1 Å². The Hall–Kier alpha value is -2.97. The molecule has 0 spiro atoms. The average molecular weight is 465 g/mol. The average Bonchev–Trinajstić information content (AvgIpc) is 3.22. The number of esters is 1. The molecule has 0 aliphatic carbocycles. The molecule has 0 saturated heterocycles. The number of nitrogens with zero attached hydrogens (tertiary/aromatic N) is 3. The van der Waals surface area contributed by atoms with Gasteiger partial charge < -0.3 is 10.1 Å². The zero-order valence-corrected chi connectivity index (χ0v) is 18.4. The Balaban J connectivity index is 1.85. The molecular formula is C21H19Cl2FN4O3. The second kappa shape index (κ2) is 9.03. The number of carbonyl (C=O) groups excluding carboxylic acids is 2. The van der Waals surface area contributed by atoms with Crippen molar-refractivity contribution < 1.29 is 18.7 Å². The SMILES string of the molecule is COC(=O)C(C)(NC(=O)C(C)n1cc(-c2ccc(Cl)cc2F)nn1)c1ccc(Cl)cc1. The van der Waals surface area contributed by atoms with Crippen LogP contribution in [0.1, 0.15) is 25.5 Å². The highest BCUT2D eigenvalue weighted by Gasteiger charge is 2.39. The molecule has 2 atom stereocenters. The molecule has 1 amide bonds. The van der Waals surface area contributed by atoms with Crippen molar-refractivity contribution in [3.63, 3.8) is 0 Å². The molecule has 0 aliphatic rings. The van der Waals surface area contributed by atoms with Crippen LogP contribution in [0.2, 0.25) is 10.0 Å². The molecule has 2 unspecified atom stereocenters. The lowest BCUT2D eigenvalue weighted by molar-refractivity contribution is -0.151. The third-order valence-corrected chi connectivity index (χ3v) is 5.37. The van der Waals surface area contributed by atoms with Gasteiger partial charge in [-0.25, -0.2) is 13.9 Å². The Morgan fingerprint density at radius 2 is 1.81 bits per heavy atom. The third-order valence-electron chi connectivity index (χ3n) is 4.88. The third kappa shape index (κ3) is 4.70. The maximum absolute atomic E-state index is 14.2. The van der Waals surface area contributed by atoms with Crippen LogP contribution in [0, 0.1) is 5.82 Å². The highest BCUT2D eigenvalue weighted by molar-refractivity contribution is 6.30. The summed E-state index contributed by atoms with van der Waals surface area (Å²) in [4.78, 5) is 25.5. The first-order valence-corrected chi connectivity index (χ1v) is 9.95. The van der Waals surface area contributed by atoms with Crippen molar-refractivity contribution in [1.29, 1.82) is 0 Å². The number of amides is 1. The molecule has 10 heteroatoms. The number of aromatic nitrogens is 3. The molecule has 0 saturated carbocycles. The van der Waals surface area contributed by atoms with Crippen LogP contribution in [0.4, 0.5) is 4.39 Å². The molecule has 1 aromatic heterocycles. The quantitative estimate of drug-likeness (QED) is 0.553. The predicted octanol–water partition coefficient (Wildman–Crippen LogP) is 4.16. The zero-order chi connectivity index (χ0) is 22.8. The summed E-state index contributed by atoms with van der Waals surface area (Å²) in [6.45, 7) is 3.11. The van der Waals surface area contributed by atoms with Gasteiger partial charge in [-0.05, 0) is 49.7 Å². The Morgan fingerprint density at radius 1 is 1.16 bits per heavy atom. The van der Waals surface area contributed by atoms with Gasteiger partial charge in [-0.1, -0.05) is 40.5 Å². The molecule has 2 aromatic carbocycles. The molecule has 162 valence electrons. The number of methoxy groups -OCH3 is 1. The minimum absolute atomic E-state index is 0.198. The van der Waals surface area contributed by atoms with Gasteiger partial charge in [-0.15, -0.1) is 5.10 Å². The van der Waals surface area contributed by atoms with Crippen molar-refractivity contribution >= 4 is 35.1 Å². The number of benzene rings is 2. The van der Waals surface area contributed by atoms with Crippen molar-refractivity contribution in [2.45, 2.75) is 25.4 Å². The largest absolute Gasteiger partial charge is 0.467 e. The zero-order valence-electron chi connectivity index (χ0n) is 16.9. The monoisotopic (exact) mass is 464 g/mol. The van der Waals surface area contributed by atoms with Gasteiger partial charge in [0.2, 0.25) is 5.91 Å². The molecule has 0 radical (unpaired) electrons. The summed E-state index contributed by atoms with van der Waals surface area (Å²) in [7, 11) is 1.23. The van der Waals surface area contributed by atoms with Crippen molar-refractivity contribution in [1.82, 2.24) is 20.3 Å². The normalized spacial score (nSPS) is 13.9. The van der Waals surface area contributed by atoms with Crippen LogP contribution < -0.4 is 5.32 Å². The van der Waals surface area contributed by atoms with Crippen LogP contribution in [0.3, 0.4) is 0 Å². The smallest absolute Gasteiger partial charge is 0.336 e. The van der Waals surface area contributed by atoms with Gasteiger partial charge in [0.15, 0.2) is 5.54 Å². The van der Waals surface area contributed by atoms with Crippen LogP contribution in [-0.4, -0.2) is 34.0 Å². The molecule has 0 bridgehead atoms. The van der Waals surface area contributed by atoms with Gasteiger partial charge in [-0.3, -0.25) is 4.79 Å². The molecular weight excluding hydrogens is 446 g/mol. The van der Waals surface area contributed by atoms with Crippen LogP contribution in [0.5, 0.6) is 0 Å². The van der Waals surface area contributed by atoms with Gasteiger partial charge in [0.05, 0.1) is 13.3 Å². The van der Waals surface area contributed by atoms with E-state index in [1.54, 1.807) is 31.2 Å². The Morgan fingerprint density at radius 3 is 2.42 bits per heavy atom. The number of halogens is 3. The molecule has 31 heavy (non-hydrogen) atoms. The topological polar surface area (TPSA) is 86.1 Å². The number of hydrogen-bond donors (Lipinski definition) is 1. The van der Waals surface area contributed by atoms with E-state index >= 15 is 0 Å². The number of hydrogen-bond acceptors (Lipinski definition) is 5. The van der Waals surface area contributed by atoms with Gasteiger partial charge in [0.25, 0.3) is 0 Å². The number of carbonyl (C=O) groups is 2. The lowest BCUT2D eigenvalue weighted by atomic mass is 9.91. The van der Waals surface area contributed by atoms with E-state index in [1.165, 1.54) is 43.1 Å². The fourth-order valence-corrected chi connectivity index (χ4v) is 3.27. The first-order valence-electron chi connectivity index (χ1n) is 9.19. The van der Waals surface area contributed by atoms with E-state index in [1.807, 2.05) is 0 Å². The van der Waals surface area contributed by atoms with E-state index in [0.29, 0.717) is 10.6 Å². The van der Waals surface area contributed by atoms with Crippen LogP contribution >= 0.6 is 23.2 Å². The second-order valence-corrected chi connectivity index (χ2v) is 7.87. The highest BCUT2D eigenvalue weighted by atomic mass is 35.5. The molecule has 1 N–H and O–H groups in total. The van der Waals surface area contributed by atoms with E-state index in [4.69, 9.17) is 27.9 Å². The number of ether oxygens (including phenoxy) is 1. The summed E-state index contributed by atoms with van der Waals surface area (Å²) < 4.78 is 20.3. The summed E-state index contributed by atoms with van der Waals surface area (Å²) in [5.41, 5.74) is -0.533. The van der Waals surface area contributed by atoms with Crippen molar-refractivity contribution in [2.75, 3.05) is 7.11 Å². The summed E-state index contributed by atoms with van der Waals surface area (Å²) in [6, 6.07) is 9.79. The molecule has 0 aliphatic heterocycles. The maximum Gasteiger partial charge on any atom is 0.336 e. The minimum atomic E-state index is -1.46. The first-order chi connectivity index (χ1) is 14.7. The summed E-state index contributed by atoms with van der Waals surface area (Å²) in [5, 5.41) is 11.3. The van der Waals surface area contributed by atoms with E-state index in [-0.39, 0.29) is 16.3 Å². The van der Waals surface area contributed by atoms with Crippen LogP contribution in [0.15, 0.2) is 48.7 Å². The van der Waals surface area contributed by atoms with Crippen molar-refractivity contribution in [2.24, 2.45) is 0 Å². The second-order valence-electron chi connectivity index (χ2n) is 7.00. The molecule has 3 rings (SSSR count). The van der Waals surface area contributed by atoms with Crippen LogP contribution in [0.25, 0.3) is 11.3 Å². The Labute approximate surface area is 188 Å². The molecule has 7 nitrogen and oxygen atoms in total. The molecule has 1 heterocycles. The molecule has 0 fully saturated rings. The van der Waals surface area contributed by atoms with E-state index in [9.17, 15) is 14.0 Å². The van der Waals surface area contributed by atoms with Gasteiger partial charge in [-0.2, -0.15) is 0 Å². The summed E-state index contributed by atoms with van der Waals surface area (Å²) in [5.74, 6) is -1.73. The van der Waals surface area contributed by atoms with E-state index in [0.717, 1.165) is 0 Å². The minimum Gasteiger partial charge on any atom is -0.467 e. The van der Waals surface area contributed by atoms with Gasteiger partial charge in [0.1, 0.15) is 17.6 Å². The molecule has 3 aromatic rings. The van der Waals surface area contributed by atoms with Crippen molar-refractivity contribution in [3.8, 4) is 11.3 Å². The fourth-order valence-electron chi connectivity index (χ4n) is 2.99. The number of rotatable bonds is 6.